The maximum Gasteiger partial charge on any atom is 0.305 e. The predicted molar refractivity (Wildman–Crippen MR) is 74.9 cm³/mol. The van der Waals surface area contributed by atoms with E-state index in [1.165, 1.54) is 24.0 Å². The van der Waals surface area contributed by atoms with E-state index >= 15 is 0 Å². The average molecular weight is 260 g/mol. The van der Waals surface area contributed by atoms with Gasteiger partial charge in [-0.2, -0.15) is 0 Å². The number of aliphatic hydroxyl groups excluding tert-OH is 1. The van der Waals surface area contributed by atoms with Gasteiger partial charge in [-0.1, -0.05) is 30.3 Å². The lowest BCUT2D eigenvalue weighted by molar-refractivity contribution is -0.139. The van der Waals surface area contributed by atoms with E-state index in [0.29, 0.717) is 6.42 Å². The fourth-order valence-electron chi connectivity index (χ4n) is 2.50. The fraction of sp³-hybridized carbons (Fsp3) is 0.438. The number of rotatable bonds is 5. The van der Waals surface area contributed by atoms with E-state index in [2.05, 4.69) is 18.2 Å². The highest BCUT2D eigenvalue weighted by molar-refractivity contribution is 5.67. The van der Waals surface area contributed by atoms with Gasteiger partial charge in [-0.25, -0.2) is 0 Å². The van der Waals surface area contributed by atoms with Gasteiger partial charge in [-0.05, 0) is 48.8 Å². The van der Waals surface area contributed by atoms with Gasteiger partial charge in [0.25, 0.3) is 0 Å². The fourth-order valence-corrected chi connectivity index (χ4v) is 2.50. The van der Waals surface area contributed by atoms with E-state index in [9.17, 15) is 9.90 Å². The van der Waals surface area contributed by atoms with Gasteiger partial charge < -0.3 is 10.2 Å². The molecular formula is C16H20O3. The Hall–Kier alpha value is -1.61. The first-order valence-electron chi connectivity index (χ1n) is 6.83. The number of benzene rings is 1. The molecule has 19 heavy (non-hydrogen) atoms. The summed E-state index contributed by atoms with van der Waals surface area (Å²) in [6, 6.07) is 8.10. The highest BCUT2D eigenvalue weighted by Crippen LogP contribution is 2.26. The van der Waals surface area contributed by atoms with Gasteiger partial charge in [0.2, 0.25) is 0 Å². The second-order valence-electron chi connectivity index (χ2n) is 5.13. The van der Waals surface area contributed by atoms with E-state index in [4.69, 9.17) is 5.11 Å². The van der Waals surface area contributed by atoms with Gasteiger partial charge >= 0.3 is 5.97 Å². The van der Waals surface area contributed by atoms with Gasteiger partial charge in [0.1, 0.15) is 0 Å². The van der Waals surface area contributed by atoms with E-state index in [1.807, 2.05) is 12.1 Å². The lowest BCUT2D eigenvalue weighted by Crippen LogP contribution is -2.15. The minimum atomic E-state index is -0.962. The molecule has 3 nitrogen and oxygen atoms in total. The molecular weight excluding hydrogens is 240 g/mol. The number of aliphatic carboxylic acids is 1. The van der Waals surface area contributed by atoms with Crippen LogP contribution in [-0.2, 0) is 11.2 Å². The van der Waals surface area contributed by atoms with Gasteiger partial charge in [-0.15, -0.1) is 0 Å². The molecule has 1 aliphatic rings. The molecule has 102 valence electrons. The Morgan fingerprint density at radius 3 is 2.53 bits per heavy atom. The Balaban J connectivity index is 1.98. The molecule has 0 spiro atoms. The van der Waals surface area contributed by atoms with Crippen molar-refractivity contribution in [1.29, 1.82) is 0 Å². The van der Waals surface area contributed by atoms with Crippen LogP contribution in [0.1, 0.15) is 43.2 Å². The molecule has 0 heterocycles. The highest BCUT2D eigenvalue weighted by atomic mass is 16.4. The Morgan fingerprint density at radius 1 is 1.21 bits per heavy atom. The van der Waals surface area contributed by atoms with Crippen LogP contribution in [0.5, 0.6) is 0 Å². The summed E-state index contributed by atoms with van der Waals surface area (Å²) >= 11 is 0. The third-order valence-corrected chi connectivity index (χ3v) is 3.50. The summed E-state index contributed by atoms with van der Waals surface area (Å²) in [6.07, 6.45) is 6.52. The lowest BCUT2D eigenvalue weighted by atomic mass is 9.92. The Morgan fingerprint density at radius 2 is 1.95 bits per heavy atom. The molecule has 3 heteroatoms. The molecule has 1 aromatic carbocycles. The molecule has 0 amide bonds. The van der Waals surface area contributed by atoms with Crippen molar-refractivity contribution in [2.75, 3.05) is 0 Å². The zero-order valence-electron chi connectivity index (χ0n) is 11.0. The van der Waals surface area contributed by atoms with Crippen molar-refractivity contribution in [3.8, 4) is 0 Å². The summed E-state index contributed by atoms with van der Waals surface area (Å²) in [6.45, 7) is 0. The standard InChI is InChI=1S/C16H20O3/c17-15(11-16(18)19)10-12-6-8-14(9-7-12)13-4-2-1-3-5-13/h4,6-9,15,17H,1-3,5,10-11H2,(H,18,19). The van der Waals surface area contributed by atoms with Crippen molar-refractivity contribution in [1.82, 2.24) is 0 Å². The van der Waals surface area contributed by atoms with Crippen LogP contribution in [0.3, 0.4) is 0 Å². The Labute approximate surface area is 113 Å². The molecule has 2 rings (SSSR count). The third kappa shape index (κ3) is 4.21. The first-order chi connectivity index (χ1) is 9.15. The number of allylic oxidation sites excluding steroid dienone is 2. The van der Waals surface area contributed by atoms with Crippen LogP contribution in [0.15, 0.2) is 30.3 Å². The van der Waals surface area contributed by atoms with Gasteiger partial charge in [0.15, 0.2) is 0 Å². The monoisotopic (exact) mass is 260 g/mol. The van der Waals surface area contributed by atoms with Crippen LogP contribution < -0.4 is 0 Å². The van der Waals surface area contributed by atoms with Crippen LogP contribution in [0, 0.1) is 0 Å². The van der Waals surface area contributed by atoms with Crippen LogP contribution in [0.2, 0.25) is 0 Å². The summed E-state index contributed by atoms with van der Waals surface area (Å²) in [5.74, 6) is -0.962. The second-order valence-corrected chi connectivity index (χ2v) is 5.13. The number of carboxylic acids is 1. The van der Waals surface area contributed by atoms with Crippen molar-refractivity contribution in [2.24, 2.45) is 0 Å². The van der Waals surface area contributed by atoms with E-state index in [1.54, 1.807) is 0 Å². The predicted octanol–water partition coefficient (Wildman–Crippen LogP) is 3.02. The zero-order valence-corrected chi connectivity index (χ0v) is 11.0. The van der Waals surface area contributed by atoms with Crippen LogP contribution >= 0.6 is 0 Å². The number of hydrogen-bond donors (Lipinski definition) is 2. The van der Waals surface area contributed by atoms with Crippen LogP contribution in [0.4, 0.5) is 0 Å². The van der Waals surface area contributed by atoms with Crippen LogP contribution in [0.25, 0.3) is 5.57 Å². The van der Waals surface area contributed by atoms with E-state index in [-0.39, 0.29) is 6.42 Å². The quantitative estimate of drug-likeness (QED) is 0.855. The van der Waals surface area contributed by atoms with Crippen molar-refractivity contribution in [3.63, 3.8) is 0 Å². The Kier molecular flexibility index (Phi) is 4.74. The summed E-state index contributed by atoms with van der Waals surface area (Å²) in [5.41, 5.74) is 3.63. The first kappa shape index (κ1) is 13.8. The van der Waals surface area contributed by atoms with Crippen molar-refractivity contribution < 1.29 is 15.0 Å². The van der Waals surface area contributed by atoms with Crippen LogP contribution in [-0.4, -0.2) is 22.3 Å². The van der Waals surface area contributed by atoms with Gasteiger partial charge in [-0.3, -0.25) is 4.79 Å². The SMILES string of the molecule is O=C(O)CC(O)Cc1ccc(C2=CCCCC2)cc1. The molecule has 1 atom stereocenters. The van der Waals surface area contributed by atoms with E-state index < -0.39 is 12.1 Å². The molecule has 0 radical (unpaired) electrons. The van der Waals surface area contributed by atoms with Crippen molar-refractivity contribution in [2.45, 2.75) is 44.6 Å². The summed E-state index contributed by atoms with van der Waals surface area (Å²) in [4.78, 5) is 10.5. The van der Waals surface area contributed by atoms with Gasteiger partial charge in [0.05, 0.1) is 12.5 Å². The molecule has 0 fully saturated rings. The molecule has 0 saturated carbocycles. The third-order valence-electron chi connectivity index (χ3n) is 3.50. The highest BCUT2D eigenvalue weighted by Gasteiger charge is 2.11. The molecule has 0 aliphatic heterocycles. The zero-order chi connectivity index (χ0) is 13.7. The maximum absolute atomic E-state index is 10.5. The van der Waals surface area contributed by atoms with Crippen molar-refractivity contribution >= 4 is 11.5 Å². The minimum Gasteiger partial charge on any atom is -0.481 e. The molecule has 1 aliphatic carbocycles. The molecule has 2 N–H and O–H groups in total. The molecule has 0 aromatic heterocycles. The van der Waals surface area contributed by atoms with Gasteiger partial charge in [0, 0.05) is 0 Å². The molecule has 0 bridgehead atoms. The largest absolute Gasteiger partial charge is 0.481 e. The minimum absolute atomic E-state index is 0.201. The maximum atomic E-state index is 10.5. The second kappa shape index (κ2) is 6.53. The summed E-state index contributed by atoms with van der Waals surface area (Å²) < 4.78 is 0. The van der Waals surface area contributed by atoms with Crippen molar-refractivity contribution in [3.05, 3.63) is 41.5 Å². The number of hydrogen-bond acceptors (Lipinski definition) is 2. The molecule has 1 aromatic rings. The number of aliphatic hydroxyl groups is 1. The average Bonchev–Trinajstić information content (AvgIpc) is 2.39. The molecule has 0 saturated heterocycles. The topological polar surface area (TPSA) is 57.5 Å². The molecule has 1 unspecified atom stereocenters. The number of carboxylic acid groups (broad SMARTS) is 1. The van der Waals surface area contributed by atoms with E-state index in [0.717, 1.165) is 18.4 Å². The normalized spacial score (nSPS) is 16.8. The number of carbonyl (C=O) groups is 1. The lowest BCUT2D eigenvalue weighted by Gasteiger charge is -2.14. The summed E-state index contributed by atoms with van der Waals surface area (Å²) in [5, 5.41) is 18.2. The smallest absolute Gasteiger partial charge is 0.305 e. The Bertz CT molecular complexity index is 459. The summed E-state index contributed by atoms with van der Waals surface area (Å²) in [7, 11) is 0. The first-order valence-corrected chi connectivity index (χ1v) is 6.83.